The number of ether oxygens (including phenoxy) is 1. The van der Waals surface area contributed by atoms with Crippen LogP contribution in [0.15, 0.2) is 48.5 Å². The highest BCUT2D eigenvalue weighted by Crippen LogP contribution is 2.18. The molecule has 0 aliphatic heterocycles. The van der Waals surface area contributed by atoms with Gasteiger partial charge in [-0.2, -0.15) is 11.8 Å². The lowest BCUT2D eigenvalue weighted by atomic mass is 10.1. The standard InChI is InChI=1S/C20H24ClNO2S/c1-3-19(24-18-10-8-17(21)9-11-18)20(23)22-12-13-25-14-16-7-5-4-6-15(16)2/h4-11,19H,3,12-14H2,1-2H3,(H,22,23)/t19-/m1/s1. The first-order valence-electron chi connectivity index (χ1n) is 8.42. The van der Waals surface area contributed by atoms with Gasteiger partial charge in [0.05, 0.1) is 0 Å². The van der Waals surface area contributed by atoms with E-state index >= 15 is 0 Å². The van der Waals surface area contributed by atoms with Gasteiger partial charge in [0.1, 0.15) is 5.75 Å². The summed E-state index contributed by atoms with van der Waals surface area (Å²) in [5, 5.41) is 3.60. The number of thioether (sulfide) groups is 1. The van der Waals surface area contributed by atoms with Gasteiger partial charge in [0.15, 0.2) is 6.10 Å². The first-order valence-corrected chi connectivity index (χ1v) is 9.95. The fourth-order valence-corrected chi connectivity index (χ4v) is 3.37. The van der Waals surface area contributed by atoms with Crippen molar-refractivity contribution in [2.75, 3.05) is 12.3 Å². The van der Waals surface area contributed by atoms with Crippen LogP contribution < -0.4 is 10.1 Å². The smallest absolute Gasteiger partial charge is 0.261 e. The summed E-state index contributed by atoms with van der Waals surface area (Å²) in [7, 11) is 0. The Balaban J connectivity index is 1.71. The second kappa shape index (κ2) is 10.4. The molecule has 5 heteroatoms. The minimum atomic E-state index is -0.484. The SMILES string of the molecule is CC[C@@H](Oc1ccc(Cl)cc1)C(=O)NCCSCc1ccccc1C. The topological polar surface area (TPSA) is 38.3 Å². The van der Waals surface area contributed by atoms with Crippen molar-refractivity contribution in [2.45, 2.75) is 32.1 Å². The van der Waals surface area contributed by atoms with E-state index in [1.54, 1.807) is 24.3 Å². The van der Waals surface area contributed by atoms with Crippen molar-refractivity contribution < 1.29 is 9.53 Å². The third kappa shape index (κ3) is 6.63. The summed E-state index contributed by atoms with van der Waals surface area (Å²) in [6, 6.07) is 15.4. The van der Waals surface area contributed by atoms with Crippen molar-refractivity contribution in [1.82, 2.24) is 5.32 Å². The highest BCUT2D eigenvalue weighted by molar-refractivity contribution is 7.98. The number of aryl methyl sites for hydroxylation is 1. The molecule has 1 atom stereocenters. The average Bonchev–Trinajstić information content (AvgIpc) is 2.62. The summed E-state index contributed by atoms with van der Waals surface area (Å²) in [5.74, 6) is 2.41. The summed E-state index contributed by atoms with van der Waals surface area (Å²) < 4.78 is 5.75. The van der Waals surface area contributed by atoms with Crippen LogP contribution in [0.25, 0.3) is 0 Å². The van der Waals surface area contributed by atoms with Crippen LogP contribution >= 0.6 is 23.4 Å². The zero-order valence-electron chi connectivity index (χ0n) is 14.6. The molecule has 0 saturated carbocycles. The second-order valence-electron chi connectivity index (χ2n) is 5.74. The van der Waals surface area contributed by atoms with Gasteiger partial charge < -0.3 is 10.1 Å². The molecule has 1 amide bonds. The highest BCUT2D eigenvalue weighted by atomic mass is 35.5. The first kappa shape index (κ1) is 19.7. The molecule has 3 nitrogen and oxygen atoms in total. The molecular weight excluding hydrogens is 354 g/mol. The van der Waals surface area contributed by atoms with E-state index in [-0.39, 0.29) is 5.91 Å². The number of amides is 1. The van der Waals surface area contributed by atoms with Crippen molar-refractivity contribution in [3.05, 3.63) is 64.7 Å². The maximum absolute atomic E-state index is 12.3. The van der Waals surface area contributed by atoms with Crippen molar-refractivity contribution in [3.63, 3.8) is 0 Å². The Morgan fingerprint density at radius 3 is 2.60 bits per heavy atom. The normalized spacial score (nSPS) is 11.8. The molecule has 0 bridgehead atoms. The molecule has 2 aromatic carbocycles. The Morgan fingerprint density at radius 1 is 1.20 bits per heavy atom. The first-order chi connectivity index (χ1) is 12.1. The predicted octanol–water partition coefficient (Wildman–Crippen LogP) is 4.86. The maximum Gasteiger partial charge on any atom is 0.261 e. The Morgan fingerprint density at radius 2 is 1.92 bits per heavy atom. The summed E-state index contributed by atoms with van der Waals surface area (Å²) in [6.45, 7) is 4.70. The molecule has 1 N–H and O–H groups in total. The lowest BCUT2D eigenvalue weighted by Crippen LogP contribution is -2.39. The lowest BCUT2D eigenvalue weighted by molar-refractivity contribution is -0.127. The van der Waals surface area contributed by atoms with Crippen molar-refractivity contribution in [3.8, 4) is 5.75 Å². The Bertz CT molecular complexity index is 676. The van der Waals surface area contributed by atoms with E-state index in [2.05, 4.69) is 36.5 Å². The summed E-state index contributed by atoms with van der Waals surface area (Å²) in [4.78, 5) is 12.3. The van der Waals surface area contributed by atoms with Crippen molar-refractivity contribution >= 4 is 29.3 Å². The van der Waals surface area contributed by atoms with Crippen LogP contribution in [0.4, 0.5) is 0 Å². The summed E-state index contributed by atoms with van der Waals surface area (Å²) in [5.41, 5.74) is 2.65. The molecule has 0 spiro atoms. The van der Waals surface area contributed by atoms with Gasteiger partial charge >= 0.3 is 0 Å². The van der Waals surface area contributed by atoms with E-state index in [0.29, 0.717) is 23.7 Å². The van der Waals surface area contributed by atoms with Gasteiger partial charge in [0.25, 0.3) is 5.91 Å². The van der Waals surface area contributed by atoms with Crippen LogP contribution in [-0.4, -0.2) is 24.3 Å². The minimum absolute atomic E-state index is 0.0751. The van der Waals surface area contributed by atoms with Crippen molar-refractivity contribution in [2.24, 2.45) is 0 Å². The van der Waals surface area contributed by atoms with Crippen LogP contribution in [0, 0.1) is 6.92 Å². The fraction of sp³-hybridized carbons (Fsp3) is 0.350. The number of benzene rings is 2. The third-order valence-electron chi connectivity index (χ3n) is 3.82. The highest BCUT2D eigenvalue weighted by Gasteiger charge is 2.17. The molecule has 134 valence electrons. The monoisotopic (exact) mass is 377 g/mol. The molecule has 2 aromatic rings. The molecule has 0 fully saturated rings. The predicted molar refractivity (Wildman–Crippen MR) is 107 cm³/mol. The van der Waals surface area contributed by atoms with Gasteiger partial charge in [-0.15, -0.1) is 0 Å². The molecule has 2 rings (SSSR count). The molecule has 0 aliphatic rings. The van der Waals surface area contributed by atoms with Gasteiger partial charge in [-0.05, 0) is 48.7 Å². The maximum atomic E-state index is 12.3. The molecule has 0 unspecified atom stereocenters. The van der Waals surface area contributed by atoms with Crippen LogP contribution in [0.3, 0.4) is 0 Å². The van der Waals surface area contributed by atoms with Crippen molar-refractivity contribution in [1.29, 1.82) is 0 Å². The Kier molecular flexibility index (Phi) is 8.16. The lowest BCUT2D eigenvalue weighted by Gasteiger charge is -2.17. The quantitative estimate of drug-likeness (QED) is 0.634. The van der Waals surface area contributed by atoms with E-state index in [4.69, 9.17) is 16.3 Å². The number of hydrogen-bond donors (Lipinski definition) is 1. The molecule has 0 heterocycles. The molecule has 0 radical (unpaired) electrons. The second-order valence-corrected chi connectivity index (χ2v) is 7.28. The number of carbonyl (C=O) groups is 1. The number of hydrogen-bond acceptors (Lipinski definition) is 3. The van der Waals surface area contributed by atoms with Gasteiger partial charge in [0.2, 0.25) is 0 Å². The Hall–Kier alpha value is -1.65. The van der Waals surface area contributed by atoms with E-state index in [9.17, 15) is 4.79 Å². The minimum Gasteiger partial charge on any atom is -0.481 e. The third-order valence-corrected chi connectivity index (χ3v) is 5.08. The molecule has 0 aromatic heterocycles. The molecule has 0 saturated heterocycles. The van der Waals surface area contributed by atoms with Crippen LogP contribution in [-0.2, 0) is 10.5 Å². The zero-order chi connectivity index (χ0) is 18.1. The van der Waals surface area contributed by atoms with Crippen LogP contribution in [0.5, 0.6) is 5.75 Å². The fourth-order valence-electron chi connectivity index (χ4n) is 2.31. The summed E-state index contributed by atoms with van der Waals surface area (Å²) >= 11 is 7.68. The van der Waals surface area contributed by atoms with E-state index in [0.717, 1.165) is 11.5 Å². The summed E-state index contributed by atoms with van der Waals surface area (Å²) in [6.07, 6.45) is 0.132. The molecular formula is C20H24ClNO2S. The van der Waals surface area contributed by atoms with Gasteiger partial charge in [-0.1, -0.05) is 42.8 Å². The van der Waals surface area contributed by atoms with Crippen LogP contribution in [0.2, 0.25) is 5.02 Å². The number of rotatable bonds is 9. The average molecular weight is 378 g/mol. The van der Waals surface area contributed by atoms with Gasteiger partial charge in [0, 0.05) is 23.1 Å². The zero-order valence-corrected chi connectivity index (χ0v) is 16.2. The molecule has 0 aliphatic carbocycles. The number of halogens is 1. The Labute approximate surface area is 159 Å². The van der Waals surface area contributed by atoms with E-state index in [1.807, 2.05) is 18.7 Å². The number of nitrogens with one attached hydrogen (secondary N) is 1. The van der Waals surface area contributed by atoms with Crippen LogP contribution in [0.1, 0.15) is 24.5 Å². The number of carbonyl (C=O) groups excluding carboxylic acids is 1. The van der Waals surface area contributed by atoms with E-state index in [1.165, 1.54) is 11.1 Å². The largest absolute Gasteiger partial charge is 0.481 e. The molecule has 25 heavy (non-hydrogen) atoms. The van der Waals surface area contributed by atoms with E-state index < -0.39 is 6.10 Å². The van der Waals surface area contributed by atoms with Gasteiger partial charge in [-0.3, -0.25) is 4.79 Å². The van der Waals surface area contributed by atoms with Gasteiger partial charge in [-0.25, -0.2) is 0 Å².